The lowest BCUT2D eigenvalue weighted by Gasteiger charge is -2.62. The summed E-state index contributed by atoms with van der Waals surface area (Å²) in [6.45, 7) is 7.45. The Morgan fingerprint density at radius 2 is 1.56 bits per heavy atom. The van der Waals surface area contributed by atoms with Gasteiger partial charge in [-0.3, -0.25) is 9.59 Å². The molecule has 0 spiro atoms. The minimum Gasteiger partial charge on any atom is -0.342 e. The van der Waals surface area contributed by atoms with Gasteiger partial charge in [-0.05, 0) is 129 Å². The third-order valence-electron chi connectivity index (χ3n) is 14.1. The third kappa shape index (κ3) is 3.11. The summed E-state index contributed by atoms with van der Waals surface area (Å²) in [5.41, 5.74) is 0.410. The molecule has 0 aromatic carbocycles. The molecule has 8 atom stereocenters. The molecule has 1 aliphatic heterocycles. The molecular weight excluding hydrogens is 444 g/mol. The van der Waals surface area contributed by atoms with Crippen LogP contribution in [0.5, 0.6) is 0 Å². The molecule has 8 aliphatic rings. The Bertz CT molecular complexity index is 918. The molecule has 36 heavy (non-hydrogen) atoms. The van der Waals surface area contributed by atoms with Crippen molar-refractivity contribution in [3.8, 4) is 0 Å². The molecule has 200 valence electrons. The first-order chi connectivity index (χ1) is 17.1. The van der Waals surface area contributed by atoms with Crippen molar-refractivity contribution in [2.45, 2.75) is 110 Å². The van der Waals surface area contributed by atoms with Crippen LogP contribution in [0.15, 0.2) is 0 Å². The van der Waals surface area contributed by atoms with Gasteiger partial charge < -0.3 is 9.80 Å². The van der Waals surface area contributed by atoms with E-state index in [1.165, 1.54) is 57.8 Å². The topological polar surface area (TPSA) is 40.6 Å². The molecule has 2 amide bonds. The average molecular weight is 495 g/mol. The Labute approximate surface area is 219 Å². The molecule has 1 saturated heterocycles. The monoisotopic (exact) mass is 494 g/mol. The van der Waals surface area contributed by atoms with Crippen LogP contribution in [0.2, 0.25) is 0 Å². The summed E-state index contributed by atoms with van der Waals surface area (Å²) >= 11 is 0. The smallest absolute Gasteiger partial charge is 0.226 e. The summed E-state index contributed by atoms with van der Waals surface area (Å²) in [5, 5.41) is 0. The van der Waals surface area contributed by atoms with E-state index in [1.807, 2.05) is 0 Å². The molecule has 7 aliphatic carbocycles. The van der Waals surface area contributed by atoms with Crippen molar-refractivity contribution in [3.05, 3.63) is 0 Å². The summed E-state index contributed by atoms with van der Waals surface area (Å²) in [5.74, 6) is 7.13. The number of hydrogen-bond acceptors (Lipinski definition) is 2. The maximum atomic E-state index is 14.5. The minimum atomic E-state index is 0.150. The van der Waals surface area contributed by atoms with Crippen molar-refractivity contribution in [2.24, 2.45) is 64.1 Å². The zero-order chi connectivity index (χ0) is 25.1. The van der Waals surface area contributed by atoms with Crippen LogP contribution in [-0.2, 0) is 9.59 Å². The molecule has 4 heteroatoms. The van der Waals surface area contributed by atoms with Gasteiger partial charge in [0.15, 0.2) is 0 Å². The molecule has 2 unspecified atom stereocenters. The maximum absolute atomic E-state index is 14.5. The van der Waals surface area contributed by atoms with Crippen LogP contribution in [0.25, 0.3) is 0 Å². The van der Waals surface area contributed by atoms with Gasteiger partial charge in [-0.15, -0.1) is 0 Å². The van der Waals surface area contributed by atoms with E-state index in [0.29, 0.717) is 41.7 Å². The quantitative estimate of drug-likeness (QED) is 0.473. The predicted molar refractivity (Wildman–Crippen MR) is 142 cm³/mol. The summed E-state index contributed by atoms with van der Waals surface area (Å²) < 4.78 is 0. The van der Waals surface area contributed by atoms with Crippen LogP contribution in [-0.4, -0.2) is 47.8 Å². The van der Waals surface area contributed by atoms with Crippen molar-refractivity contribution < 1.29 is 9.59 Å². The van der Waals surface area contributed by atoms with Crippen LogP contribution in [0.3, 0.4) is 0 Å². The second kappa shape index (κ2) is 7.98. The van der Waals surface area contributed by atoms with E-state index in [0.717, 1.165) is 48.9 Å². The number of piperidine rings is 1. The maximum Gasteiger partial charge on any atom is 0.226 e. The van der Waals surface area contributed by atoms with Gasteiger partial charge in [-0.1, -0.05) is 20.8 Å². The first-order valence-electron chi connectivity index (χ1n) is 15.6. The molecule has 8 fully saturated rings. The van der Waals surface area contributed by atoms with Crippen LogP contribution in [0.1, 0.15) is 97.8 Å². The van der Waals surface area contributed by atoms with E-state index in [2.05, 4.69) is 44.7 Å². The first-order valence-corrected chi connectivity index (χ1v) is 15.6. The molecule has 0 N–H and O–H groups in total. The van der Waals surface area contributed by atoms with Crippen molar-refractivity contribution in [1.29, 1.82) is 0 Å². The number of carbonyl (C=O) groups excluding carboxylic acids is 2. The number of amides is 2. The highest BCUT2D eigenvalue weighted by Gasteiger charge is 2.64. The number of hydrogen-bond donors (Lipinski definition) is 0. The van der Waals surface area contributed by atoms with Gasteiger partial charge in [0.25, 0.3) is 0 Å². The molecule has 1 heterocycles. The molecular formula is C32H50N2O2. The van der Waals surface area contributed by atoms with Crippen LogP contribution >= 0.6 is 0 Å². The summed E-state index contributed by atoms with van der Waals surface area (Å²) in [6.07, 6.45) is 14.9. The number of nitrogens with zero attached hydrogens (tertiary/aromatic N) is 2. The van der Waals surface area contributed by atoms with Gasteiger partial charge in [0.05, 0.1) is 0 Å². The molecule has 4 nitrogen and oxygen atoms in total. The van der Waals surface area contributed by atoms with Gasteiger partial charge >= 0.3 is 0 Å². The average Bonchev–Trinajstić information content (AvgIpc) is 3.10. The standard InChI is InChI=1S/C32H50N2O2/c1-18-12-25-23-6-7-26-31(2,11-9-27(35)33(26)4)24(23)8-10-32(25,3)28(18)30(36)34(5)29-21-14-19-13-20(16-21)17-22(29)15-19/h18-26,28-29H,6-17H2,1-5H3/t18?,19?,20?,21?,22?,23-,24+,25+,26?,28-,29?,31-,32+/m1/s1. The fourth-order valence-corrected chi connectivity index (χ4v) is 12.9. The minimum absolute atomic E-state index is 0.150. The Kier molecular flexibility index (Phi) is 5.32. The lowest BCUT2D eigenvalue weighted by Crippen LogP contribution is -2.62. The zero-order valence-electron chi connectivity index (χ0n) is 23.5. The van der Waals surface area contributed by atoms with E-state index in [4.69, 9.17) is 0 Å². The Morgan fingerprint density at radius 3 is 2.22 bits per heavy atom. The largest absolute Gasteiger partial charge is 0.342 e. The second-order valence-corrected chi connectivity index (χ2v) is 15.6. The Balaban J connectivity index is 1.13. The van der Waals surface area contributed by atoms with Gasteiger partial charge in [-0.25, -0.2) is 0 Å². The van der Waals surface area contributed by atoms with E-state index in [9.17, 15) is 9.59 Å². The number of carbonyl (C=O) groups is 2. The van der Waals surface area contributed by atoms with Crippen molar-refractivity contribution in [3.63, 3.8) is 0 Å². The molecule has 0 aromatic heterocycles. The van der Waals surface area contributed by atoms with Crippen LogP contribution in [0.4, 0.5) is 0 Å². The van der Waals surface area contributed by atoms with E-state index < -0.39 is 0 Å². The van der Waals surface area contributed by atoms with E-state index >= 15 is 0 Å². The Morgan fingerprint density at radius 1 is 0.889 bits per heavy atom. The van der Waals surface area contributed by atoms with E-state index in [1.54, 1.807) is 0 Å². The fraction of sp³-hybridized carbons (Fsp3) is 0.938. The van der Waals surface area contributed by atoms with Crippen molar-refractivity contribution in [1.82, 2.24) is 9.80 Å². The lowest BCUT2D eigenvalue weighted by atomic mass is 9.46. The van der Waals surface area contributed by atoms with Crippen LogP contribution < -0.4 is 0 Å². The van der Waals surface area contributed by atoms with Gasteiger partial charge in [0.2, 0.25) is 11.8 Å². The Hall–Kier alpha value is -1.06. The predicted octanol–water partition coefficient (Wildman–Crippen LogP) is 6.00. The molecule has 4 bridgehead atoms. The lowest BCUT2D eigenvalue weighted by molar-refractivity contribution is -0.164. The summed E-state index contributed by atoms with van der Waals surface area (Å²) in [6, 6.07) is 0.935. The first kappa shape index (κ1) is 24.0. The summed E-state index contributed by atoms with van der Waals surface area (Å²) in [4.78, 5) is 31.4. The highest BCUT2D eigenvalue weighted by molar-refractivity contribution is 5.81. The summed E-state index contributed by atoms with van der Waals surface area (Å²) in [7, 11) is 4.26. The van der Waals surface area contributed by atoms with Crippen LogP contribution in [0, 0.1) is 64.1 Å². The van der Waals surface area contributed by atoms with Crippen molar-refractivity contribution in [2.75, 3.05) is 14.1 Å². The second-order valence-electron chi connectivity index (χ2n) is 15.6. The third-order valence-corrected chi connectivity index (χ3v) is 14.1. The SMILES string of the molecule is CC1C[C@H]2[C@@H]3CCC4N(C)C(=O)CC[C@]4(C)[C@H]3CC[C@]2(C)[C@H]1C(=O)N(C)C1C2CC3CC(C2)CC1C3. The normalized spacial score (nSPS) is 55.2. The van der Waals surface area contributed by atoms with Gasteiger partial charge in [0, 0.05) is 38.5 Å². The highest BCUT2D eigenvalue weighted by atomic mass is 16.2. The highest BCUT2D eigenvalue weighted by Crippen LogP contribution is 2.67. The molecule has 8 rings (SSSR count). The van der Waals surface area contributed by atoms with Gasteiger partial charge in [-0.2, -0.15) is 0 Å². The number of rotatable bonds is 2. The van der Waals surface area contributed by atoms with Crippen molar-refractivity contribution >= 4 is 11.8 Å². The van der Waals surface area contributed by atoms with Gasteiger partial charge in [0.1, 0.15) is 0 Å². The fourth-order valence-electron chi connectivity index (χ4n) is 12.9. The number of likely N-dealkylation sites (tertiary alicyclic amines) is 1. The molecule has 0 aromatic rings. The zero-order valence-corrected chi connectivity index (χ0v) is 23.5. The van der Waals surface area contributed by atoms with E-state index in [-0.39, 0.29) is 16.7 Å². The number of fused-ring (bicyclic) bond motifs is 5. The molecule has 0 radical (unpaired) electrons. The molecule has 7 saturated carbocycles.